The average molecular weight is 338 g/mol. The van der Waals surface area contributed by atoms with Crippen molar-refractivity contribution in [1.29, 1.82) is 0 Å². The molecule has 0 spiro atoms. The van der Waals surface area contributed by atoms with Crippen LogP contribution in [0.5, 0.6) is 5.75 Å². The molecule has 1 aliphatic carbocycles. The molecule has 3 rings (SSSR count). The van der Waals surface area contributed by atoms with Crippen molar-refractivity contribution in [2.75, 3.05) is 31.4 Å². The Bertz CT molecular complexity index is 704. The molecular formula is C21H26N2O2. The van der Waals surface area contributed by atoms with E-state index >= 15 is 0 Å². The van der Waals surface area contributed by atoms with Crippen molar-refractivity contribution >= 4 is 17.3 Å². The molecule has 0 bridgehead atoms. The number of anilines is 2. The quantitative estimate of drug-likeness (QED) is 0.819. The summed E-state index contributed by atoms with van der Waals surface area (Å²) in [6.45, 7) is 0. The molecule has 4 nitrogen and oxygen atoms in total. The van der Waals surface area contributed by atoms with Gasteiger partial charge < -0.3 is 15.0 Å². The van der Waals surface area contributed by atoms with E-state index in [0.717, 1.165) is 17.1 Å². The number of carbonyl (C=O) groups excluding carboxylic acids is 1. The molecule has 1 amide bonds. The second-order valence-corrected chi connectivity index (χ2v) is 6.91. The van der Waals surface area contributed by atoms with Crippen LogP contribution in [0, 0.1) is 5.92 Å². The van der Waals surface area contributed by atoms with E-state index in [1.165, 1.54) is 18.4 Å². The van der Waals surface area contributed by atoms with Crippen molar-refractivity contribution < 1.29 is 9.53 Å². The van der Waals surface area contributed by atoms with Crippen LogP contribution < -0.4 is 15.0 Å². The minimum atomic E-state index is 0.0744. The normalized spacial score (nSPS) is 14.7. The van der Waals surface area contributed by atoms with E-state index in [9.17, 15) is 4.79 Å². The summed E-state index contributed by atoms with van der Waals surface area (Å²) < 4.78 is 5.23. The predicted molar refractivity (Wildman–Crippen MR) is 102 cm³/mol. The third kappa shape index (κ3) is 4.53. The number of hydrogen-bond acceptors (Lipinski definition) is 3. The molecule has 25 heavy (non-hydrogen) atoms. The lowest BCUT2D eigenvalue weighted by atomic mass is 9.90. The highest BCUT2D eigenvalue weighted by molar-refractivity contribution is 5.91. The highest BCUT2D eigenvalue weighted by atomic mass is 16.5. The minimum absolute atomic E-state index is 0.0744. The van der Waals surface area contributed by atoms with Crippen molar-refractivity contribution in [2.24, 2.45) is 5.92 Å². The number of benzene rings is 2. The highest BCUT2D eigenvalue weighted by Gasteiger charge is 2.33. The molecule has 132 valence electrons. The Hall–Kier alpha value is -2.49. The molecule has 2 aromatic rings. The van der Waals surface area contributed by atoms with Crippen LogP contribution in [0.15, 0.2) is 48.5 Å². The number of carbonyl (C=O) groups is 1. The molecule has 2 aromatic carbocycles. The van der Waals surface area contributed by atoms with Crippen molar-refractivity contribution in [2.45, 2.75) is 25.2 Å². The number of amides is 1. The first-order valence-corrected chi connectivity index (χ1v) is 8.78. The Kier molecular flexibility index (Phi) is 5.27. The zero-order valence-corrected chi connectivity index (χ0v) is 15.2. The highest BCUT2D eigenvalue weighted by Crippen LogP contribution is 2.44. The zero-order chi connectivity index (χ0) is 17.8. The molecular weight excluding hydrogens is 312 g/mol. The van der Waals surface area contributed by atoms with Gasteiger partial charge in [-0.2, -0.15) is 0 Å². The van der Waals surface area contributed by atoms with Gasteiger partial charge in [0.25, 0.3) is 0 Å². The Morgan fingerprint density at radius 1 is 1.12 bits per heavy atom. The molecule has 1 N–H and O–H groups in total. The van der Waals surface area contributed by atoms with E-state index in [2.05, 4.69) is 17.4 Å². The second-order valence-electron chi connectivity index (χ2n) is 6.91. The van der Waals surface area contributed by atoms with Gasteiger partial charge in [0, 0.05) is 31.9 Å². The number of hydrogen-bond donors (Lipinski definition) is 1. The maximum atomic E-state index is 12.5. The smallest absolute Gasteiger partial charge is 0.224 e. The third-order valence-corrected chi connectivity index (χ3v) is 4.81. The number of methoxy groups -OCH3 is 1. The fourth-order valence-corrected chi connectivity index (χ4v) is 3.16. The van der Waals surface area contributed by atoms with Gasteiger partial charge in [0.2, 0.25) is 5.91 Å². The van der Waals surface area contributed by atoms with Gasteiger partial charge in [0.1, 0.15) is 5.75 Å². The SMILES string of the molecule is COc1ccc(C(CC(=O)Nc2ccc(N(C)C)cc2)C2CC2)cc1. The molecule has 1 fully saturated rings. The average Bonchev–Trinajstić information content (AvgIpc) is 3.45. The number of nitrogens with zero attached hydrogens (tertiary/aromatic N) is 1. The lowest BCUT2D eigenvalue weighted by Crippen LogP contribution is -2.17. The van der Waals surface area contributed by atoms with E-state index in [4.69, 9.17) is 4.74 Å². The summed E-state index contributed by atoms with van der Waals surface area (Å²) in [5, 5.41) is 3.03. The fourth-order valence-electron chi connectivity index (χ4n) is 3.16. The maximum Gasteiger partial charge on any atom is 0.224 e. The van der Waals surface area contributed by atoms with Crippen LogP contribution in [-0.2, 0) is 4.79 Å². The summed E-state index contributed by atoms with van der Waals surface area (Å²) in [7, 11) is 5.67. The zero-order valence-electron chi connectivity index (χ0n) is 15.2. The molecule has 1 saturated carbocycles. The van der Waals surface area contributed by atoms with Gasteiger partial charge in [-0.3, -0.25) is 4.79 Å². The second kappa shape index (κ2) is 7.60. The van der Waals surface area contributed by atoms with Crippen LogP contribution >= 0.6 is 0 Å². The monoisotopic (exact) mass is 338 g/mol. The molecule has 0 aliphatic heterocycles. The van der Waals surface area contributed by atoms with Crippen LogP contribution in [0.1, 0.15) is 30.7 Å². The van der Waals surface area contributed by atoms with E-state index in [-0.39, 0.29) is 11.8 Å². The van der Waals surface area contributed by atoms with Gasteiger partial charge >= 0.3 is 0 Å². The Balaban J connectivity index is 1.64. The van der Waals surface area contributed by atoms with Gasteiger partial charge in [0.15, 0.2) is 0 Å². The summed E-state index contributed by atoms with van der Waals surface area (Å²) >= 11 is 0. The molecule has 1 aliphatic rings. The van der Waals surface area contributed by atoms with Gasteiger partial charge in [-0.25, -0.2) is 0 Å². The van der Waals surface area contributed by atoms with Gasteiger partial charge in [-0.1, -0.05) is 12.1 Å². The lowest BCUT2D eigenvalue weighted by Gasteiger charge is -2.17. The first-order chi connectivity index (χ1) is 12.1. The Morgan fingerprint density at radius 2 is 1.76 bits per heavy atom. The first-order valence-electron chi connectivity index (χ1n) is 8.78. The summed E-state index contributed by atoms with van der Waals surface area (Å²) in [4.78, 5) is 14.6. The van der Waals surface area contributed by atoms with Crippen LogP contribution in [0.3, 0.4) is 0 Å². The van der Waals surface area contributed by atoms with Crippen LogP contribution in [0.4, 0.5) is 11.4 Å². The standard InChI is InChI=1S/C21H26N2O2/c1-23(2)18-10-8-17(9-11-18)22-21(24)14-20(15-4-5-15)16-6-12-19(25-3)13-7-16/h6-13,15,20H,4-5,14H2,1-3H3,(H,22,24). The van der Waals surface area contributed by atoms with Gasteiger partial charge in [-0.15, -0.1) is 0 Å². The molecule has 1 atom stereocenters. The van der Waals surface area contributed by atoms with Crippen molar-refractivity contribution in [3.05, 3.63) is 54.1 Å². The summed E-state index contributed by atoms with van der Waals surface area (Å²) in [6.07, 6.45) is 2.94. The summed E-state index contributed by atoms with van der Waals surface area (Å²) in [5.74, 6) is 1.83. The van der Waals surface area contributed by atoms with Crippen LogP contribution in [-0.4, -0.2) is 27.1 Å². The van der Waals surface area contributed by atoms with Crippen molar-refractivity contribution in [3.63, 3.8) is 0 Å². The van der Waals surface area contributed by atoms with E-state index < -0.39 is 0 Å². The van der Waals surface area contributed by atoms with E-state index in [1.807, 2.05) is 55.4 Å². The molecule has 1 unspecified atom stereocenters. The van der Waals surface area contributed by atoms with Crippen LogP contribution in [0.25, 0.3) is 0 Å². The Labute approximate surface area is 149 Å². The molecule has 4 heteroatoms. The lowest BCUT2D eigenvalue weighted by molar-refractivity contribution is -0.116. The number of rotatable bonds is 7. The Morgan fingerprint density at radius 3 is 2.28 bits per heavy atom. The van der Waals surface area contributed by atoms with Gasteiger partial charge in [0.05, 0.1) is 7.11 Å². The summed E-state index contributed by atoms with van der Waals surface area (Å²) in [6, 6.07) is 16.0. The predicted octanol–water partition coefficient (Wildman–Crippen LogP) is 4.28. The van der Waals surface area contributed by atoms with Crippen molar-refractivity contribution in [3.8, 4) is 5.75 Å². The summed E-state index contributed by atoms with van der Waals surface area (Å²) in [5.41, 5.74) is 3.19. The van der Waals surface area contributed by atoms with Gasteiger partial charge in [-0.05, 0) is 66.6 Å². The number of ether oxygens (including phenoxy) is 1. The fraction of sp³-hybridized carbons (Fsp3) is 0.381. The topological polar surface area (TPSA) is 41.6 Å². The first kappa shape index (κ1) is 17.3. The van der Waals surface area contributed by atoms with E-state index in [1.54, 1.807) is 7.11 Å². The largest absolute Gasteiger partial charge is 0.497 e. The van der Waals surface area contributed by atoms with E-state index in [0.29, 0.717) is 12.3 Å². The minimum Gasteiger partial charge on any atom is -0.497 e. The number of nitrogens with one attached hydrogen (secondary N) is 1. The third-order valence-electron chi connectivity index (χ3n) is 4.81. The molecule has 0 aromatic heterocycles. The molecule has 0 heterocycles. The molecule has 0 saturated heterocycles. The van der Waals surface area contributed by atoms with Crippen molar-refractivity contribution in [1.82, 2.24) is 0 Å². The maximum absolute atomic E-state index is 12.5. The van der Waals surface area contributed by atoms with Crippen LogP contribution in [0.2, 0.25) is 0 Å². The molecule has 0 radical (unpaired) electrons.